The highest BCUT2D eigenvalue weighted by molar-refractivity contribution is 5.82. The summed E-state index contributed by atoms with van der Waals surface area (Å²) in [6.07, 6.45) is 7.65. The minimum absolute atomic E-state index is 0.258. The first-order valence-electron chi connectivity index (χ1n) is 6.63. The predicted molar refractivity (Wildman–Crippen MR) is 69.8 cm³/mol. The van der Waals surface area contributed by atoms with Crippen molar-refractivity contribution in [2.45, 2.75) is 66.2 Å². The van der Waals surface area contributed by atoms with Gasteiger partial charge in [-0.3, -0.25) is 0 Å². The molecule has 0 amide bonds. The van der Waals surface area contributed by atoms with E-state index in [0.717, 1.165) is 18.1 Å². The molecule has 98 valence electrons. The lowest BCUT2D eigenvalue weighted by molar-refractivity contribution is -0.141. The number of hydrogen-bond donors (Lipinski definition) is 0. The molecule has 3 nitrogen and oxygen atoms in total. The van der Waals surface area contributed by atoms with Gasteiger partial charge in [-0.2, -0.15) is 0 Å². The van der Waals surface area contributed by atoms with E-state index in [1.54, 1.807) is 0 Å². The first-order valence-corrected chi connectivity index (χ1v) is 6.63. The van der Waals surface area contributed by atoms with Gasteiger partial charge in [0.25, 0.3) is 0 Å². The number of hydrogen-bond acceptors (Lipinski definition) is 3. The Morgan fingerprint density at radius 2 is 1.82 bits per heavy atom. The first-order chi connectivity index (χ1) is 7.92. The summed E-state index contributed by atoms with van der Waals surface area (Å²) in [5.41, 5.74) is 1.17. The number of rotatable bonds is 4. The van der Waals surface area contributed by atoms with E-state index >= 15 is 0 Å². The molecule has 1 aliphatic carbocycles. The van der Waals surface area contributed by atoms with Gasteiger partial charge in [0.15, 0.2) is 0 Å². The Kier molecular flexibility index (Phi) is 5.16. The molecule has 3 heteroatoms. The molecule has 0 aliphatic heterocycles. The normalized spacial score (nSPS) is 19.2. The smallest absolute Gasteiger partial charge is 0.319 e. The number of oxime groups is 1. The van der Waals surface area contributed by atoms with Gasteiger partial charge in [-0.15, -0.1) is 0 Å². The molecule has 1 rings (SSSR count). The molecule has 1 aliphatic rings. The summed E-state index contributed by atoms with van der Waals surface area (Å²) in [6.45, 7) is 7.92. The maximum atomic E-state index is 10.7. The zero-order valence-electron chi connectivity index (χ0n) is 11.6. The third kappa shape index (κ3) is 4.88. The van der Waals surface area contributed by atoms with Crippen LogP contribution in [0.25, 0.3) is 0 Å². The number of carbonyl (C=O) groups excluding carboxylic acids is 1. The van der Waals surface area contributed by atoms with Crippen LogP contribution in [0.15, 0.2) is 5.16 Å². The molecular weight excluding hydrogens is 214 g/mol. The summed E-state index contributed by atoms with van der Waals surface area (Å²) < 4.78 is 0. The Bertz CT molecular complexity index is 289. The lowest BCUT2D eigenvalue weighted by Crippen LogP contribution is -2.28. The van der Waals surface area contributed by atoms with E-state index in [4.69, 9.17) is 0 Å². The molecule has 0 aromatic rings. The van der Waals surface area contributed by atoms with Gasteiger partial charge >= 0.3 is 5.97 Å². The minimum Gasteiger partial charge on any atom is -0.319 e. The van der Waals surface area contributed by atoms with Crippen molar-refractivity contribution in [1.29, 1.82) is 0 Å². The summed E-state index contributed by atoms with van der Waals surface area (Å²) in [4.78, 5) is 15.4. The zero-order chi connectivity index (χ0) is 12.9. The molecule has 1 fully saturated rings. The third-order valence-corrected chi connectivity index (χ3v) is 3.75. The fraction of sp³-hybridized carbons (Fsp3) is 0.857. The molecule has 0 aromatic heterocycles. The van der Waals surface area contributed by atoms with Crippen molar-refractivity contribution in [2.75, 3.05) is 0 Å². The second-order valence-electron chi connectivity index (χ2n) is 5.91. The summed E-state index contributed by atoms with van der Waals surface area (Å²) in [6, 6.07) is 0. The summed E-state index contributed by atoms with van der Waals surface area (Å²) in [5.74, 6) is 0.429. The lowest BCUT2D eigenvalue weighted by Gasteiger charge is -2.37. The van der Waals surface area contributed by atoms with Crippen molar-refractivity contribution >= 4 is 11.7 Å². The summed E-state index contributed by atoms with van der Waals surface area (Å²) in [7, 11) is 0. The van der Waals surface area contributed by atoms with Crippen molar-refractivity contribution in [1.82, 2.24) is 0 Å². The fourth-order valence-electron chi connectivity index (χ4n) is 2.86. The van der Waals surface area contributed by atoms with Gasteiger partial charge in [-0.05, 0) is 37.5 Å². The van der Waals surface area contributed by atoms with E-state index in [1.165, 1.54) is 39.0 Å². The Morgan fingerprint density at radius 3 is 2.35 bits per heavy atom. The second-order valence-corrected chi connectivity index (χ2v) is 5.91. The number of carbonyl (C=O) groups is 1. The zero-order valence-corrected chi connectivity index (χ0v) is 11.6. The van der Waals surface area contributed by atoms with Crippen molar-refractivity contribution in [3.63, 3.8) is 0 Å². The Labute approximate surface area is 105 Å². The minimum atomic E-state index is -0.347. The van der Waals surface area contributed by atoms with Crippen LogP contribution >= 0.6 is 0 Å². The lowest BCUT2D eigenvalue weighted by atomic mass is 9.69. The van der Waals surface area contributed by atoms with Gasteiger partial charge in [-0.1, -0.05) is 38.3 Å². The van der Waals surface area contributed by atoms with Crippen LogP contribution in [0.5, 0.6) is 0 Å². The Balaban J connectivity index is 2.52. The maximum Gasteiger partial charge on any atom is 0.331 e. The molecule has 0 heterocycles. The van der Waals surface area contributed by atoms with E-state index in [1.807, 2.05) is 6.92 Å². The average Bonchev–Trinajstić information content (AvgIpc) is 2.27. The molecule has 0 bridgehead atoms. The SMILES string of the molecule is CC(=O)ON=C(C)CC(C)(C)C1CCCCC1. The van der Waals surface area contributed by atoms with Gasteiger partial charge in [0.1, 0.15) is 0 Å². The summed E-state index contributed by atoms with van der Waals surface area (Å²) >= 11 is 0. The quantitative estimate of drug-likeness (QED) is 0.423. The molecule has 17 heavy (non-hydrogen) atoms. The standard InChI is InChI=1S/C14H25NO2/c1-11(15-17-12(2)16)10-14(3,4)13-8-6-5-7-9-13/h13H,5-10H2,1-4H3. The van der Waals surface area contributed by atoms with Crippen LogP contribution in [0.3, 0.4) is 0 Å². The Morgan fingerprint density at radius 1 is 1.24 bits per heavy atom. The molecular formula is C14H25NO2. The van der Waals surface area contributed by atoms with Gasteiger partial charge < -0.3 is 4.84 Å². The van der Waals surface area contributed by atoms with Gasteiger partial charge in [-0.25, -0.2) is 4.79 Å². The van der Waals surface area contributed by atoms with Crippen LogP contribution in [0.1, 0.15) is 66.2 Å². The van der Waals surface area contributed by atoms with Gasteiger partial charge in [0.2, 0.25) is 0 Å². The van der Waals surface area contributed by atoms with Crippen LogP contribution in [0.4, 0.5) is 0 Å². The topological polar surface area (TPSA) is 38.7 Å². The molecule has 0 aromatic carbocycles. The number of nitrogens with zero attached hydrogens (tertiary/aromatic N) is 1. The van der Waals surface area contributed by atoms with Crippen LogP contribution in [0, 0.1) is 11.3 Å². The van der Waals surface area contributed by atoms with E-state index in [9.17, 15) is 4.79 Å². The van der Waals surface area contributed by atoms with Crippen molar-refractivity contribution < 1.29 is 9.63 Å². The molecule has 0 spiro atoms. The van der Waals surface area contributed by atoms with Crippen LogP contribution in [-0.4, -0.2) is 11.7 Å². The highest BCUT2D eigenvalue weighted by Gasteiger charge is 2.31. The monoisotopic (exact) mass is 239 g/mol. The Hall–Kier alpha value is -0.860. The molecule has 1 saturated carbocycles. The van der Waals surface area contributed by atoms with Crippen LogP contribution < -0.4 is 0 Å². The molecule has 0 unspecified atom stereocenters. The third-order valence-electron chi connectivity index (χ3n) is 3.75. The first kappa shape index (κ1) is 14.2. The van der Waals surface area contributed by atoms with Crippen LogP contribution in [0.2, 0.25) is 0 Å². The summed E-state index contributed by atoms with van der Waals surface area (Å²) in [5, 5.41) is 3.87. The van der Waals surface area contributed by atoms with E-state index < -0.39 is 0 Å². The van der Waals surface area contributed by atoms with Crippen molar-refractivity contribution in [3.05, 3.63) is 0 Å². The van der Waals surface area contributed by atoms with Crippen LogP contribution in [-0.2, 0) is 9.63 Å². The predicted octanol–water partition coefficient (Wildman–Crippen LogP) is 3.92. The maximum absolute atomic E-state index is 10.7. The van der Waals surface area contributed by atoms with E-state index in [0.29, 0.717) is 0 Å². The molecule has 0 saturated heterocycles. The highest BCUT2D eigenvalue weighted by atomic mass is 16.7. The highest BCUT2D eigenvalue weighted by Crippen LogP contribution is 2.40. The molecule has 0 radical (unpaired) electrons. The van der Waals surface area contributed by atoms with Gasteiger partial charge in [0, 0.05) is 6.92 Å². The van der Waals surface area contributed by atoms with E-state index in [2.05, 4.69) is 23.8 Å². The van der Waals surface area contributed by atoms with Gasteiger partial charge in [0.05, 0.1) is 5.71 Å². The second kappa shape index (κ2) is 6.18. The van der Waals surface area contributed by atoms with E-state index in [-0.39, 0.29) is 11.4 Å². The van der Waals surface area contributed by atoms with Crippen molar-refractivity contribution in [3.8, 4) is 0 Å². The molecule has 0 atom stereocenters. The average molecular weight is 239 g/mol. The fourth-order valence-corrected chi connectivity index (χ4v) is 2.86. The molecule has 0 N–H and O–H groups in total. The van der Waals surface area contributed by atoms with Crippen molar-refractivity contribution in [2.24, 2.45) is 16.5 Å². The largest absolute Gasteiger partial charge is 0.331 e.